The highest BCUT2D eigenvalue weighted by Crippen LogP contribution is 2.37. The van der Waals surface area contributed by atoms with Crippen molar-refractivity contribution in [1.29, 1.82) is 0 Å². The molecule has 31 heavy (non-hydrogen) atoms. The number of rotatable bonds is 3. The zero-order valence-corrected chi connectivity index (χ0v) is 18.5. The molecule has 0 aliphatic heterocycles. The summed E-state index contributed by atoms with van der Waals surface area (Å²) in [7, 11) is 0. The molecule has 8 heteroatoms. The normalized spacial score (nSPS) is 12.8. The summed E-state index contributed by atoms with van der Waals surface area (Å²) in [5, 5.41) is 10.1. The number of fused-ring (bicyclic) bond motifs is 1. The molecule has 0 radical (unpaired) electrons. The molecule has 164 valence electrons. The van der Waals surface area contributed by atoms with Gasteiger partial charge in [-0.3, -0.25) is 14.2 Å². The molecule has 0 aliphatic rings. The van der Waals surface area contributed by atoms with Gasteiger partial charge in [-0.1, -0.05) is 11.6 Å². The topological polar surface area (TPSA) is 68.5 Å². The van der Waals surface area contributed by atoms with E-state index in [9.17, 15) is 23.5 Å². The fourth-order valence-electron chi connectivity index (χ4n) is 3.52. The lowest BCUT2D eigenvalue weighted by molar-refractivity contribution is -0.156. The van der Waals surface area contributed by atoms with Crippen LogP contribution in [0.4, 0.5) is 8.78 Å². The number of ether oxygens (including phenoxy) is 1. The molecule has 1 aromatic heterocycles. The first-order chi connectivity index (χ1) is 14.3. The Balaban J connectivity index is 2.24. The average molecular weight is 450 g/mol. The standard InChI is InChI=1S/C23H22ClF2NO4/c1-11(22(30)31-23(3,4)5)20-12(2)27(18-10-17(26)19(28)9-14(18)20)21(29)13-6-7-15(24)16(25)8-13/h6-11,28H,1-5H3. The molecule has 0 aliphatic carbocycles. The number of phenolic OH excluding ortho intramolecular Hbond substituents is 1. The predicted molar refractivity (Wildman–Crippen MR) is 114 cm³/mol. The number of halogens is 3. The Morgan fingerprint density at radius 3 is 2.35 bits per heavy atom. The number of benzene rings is 2. The van der Waals surface area contributed by atoms with E-state index >= 15 is 0 Å². The van der Waals surface area contributed by atoms with Gasteiger partial charge in [-0.2, -0.15) is 0 Å². The van der Waals surface area contributed by atoms with E-state index < -0.39 is 40.8 Å². The van der Waals surface area contributed by atoms with Crippen LogP contribution in [0.25, 0.3) is 10.9 Å². The molecule has 0 spiro atoms. The maximum Gasteiger partial charge on any atom is 0.313 e. The second-order valence-electron chi connectivity index (χ2n) is 8.34. The summed E-state index contributed by atoms with van der Waals surface area (Å²) in [5.41, 5.74) is 0.147. The van der Waals surface area contributed by atoms with Crippen molar-refractivity contribution in [3.8, 4) is 5.75 Å². The van der Waals surface area contributed by atoms with Crippen LogP contribution in [0.3, 0.4) is 0 Å². The quantitative estimate of drug-likeness (QED) is 0.519. The van der Waals surface area contributed by atoms with Gasteiger partial charge in [-0.25, -0.2) is 8.78 Å². The zero-order chi connectivity index (χ0) is 23.2. The lowest BCUT2D eigenvalue weighted by atomic mass is 9.97. The van der Waals surface area contributed by atoms with Crippen molar-refractivity contribution < 1.29 is 28.2 Å². The Hall–Kier alpha value is -2.93. The van der Waals surface area contributed by atoms with E-state index in [0.717, 1.165) is 12.1 Å². The molecule has 3 aromatic rings. The Bertz CT molecular complexity index is 1210. The zero-order valence-electron chi connectivity index (χ0n) is 17.7. The Labute approximate surface area is 183 Å². The fourth-order valence-corrected chi connectivity index (χ4v) is 3.64. The SMILES string of the molecule is Cc1c(C(C)C(=O)OC(C)(C)C)c2cc(O)c(F)cc2n1C(=O)c1ccc(Cl)c(F)c1. The first kappa shape index (κ1) is 22.7. The van der Waals surface area contributed by atoms with E-state index in [4.69, 9.17) is 16.3 Å². The fraction of sp³-hybridized carbons (Fsp3) is 0.304. The van der Waals surface area contributed by atoms with Crippen LogP contribution in [0.2, 0.25) is 5.02 Å². The molecule has 1 atom stereocenters. The maximum atomic E-state index is 14.2. The lowest BCUT2D eigenvalue weighted by Gasteiger charge is -2.22. The van der Waals surface area contributed by atoms with Gasteiger partial charge in [0.25, 0.3) is 5.91 Å². The number of nitrogens with zero attached hydrogens (tertiary/aromatic N) is 1. The van der Waals surface area contributed by atoms with Gasteiger partial charge in [0.15, 0.2) is 11.6 Å². The molecule has 3 rings (SSSR count). The van der Waals surface area contributed by atoms with Gasteiger partial charge < -0.3 is 9.84 Å². The predicted octanol–water partition coefficient (Wildman–Crippen LogP) is 5.72. The van der Waals surface area contributed by atoms with E-state index in [0.29, 0.717) is 16.6 Å². The van der Waals surface area contributed by atoms with Gasteiger partial charge >= 0.3 is 5.97 Å². The van der Waals surface area contributed by atoms with E-state index in [-0.39, 0.29) is 16.1 Å². The number of phenols is 1. The van der Waals surface area contributed by atoms with Gasteiger partial charge in [0.05, 0.1) is 16.5 Å². The third-order valence-corrected chi connectivity index (χ3v) is 5.19. The van der Waals surface area contributed by atoms with Crippen molar-refractivity contribution >= 4 is 34.4 Å². The van der Waals surface area contributed by atoms with E-state index in [2.05, 4.69) is 0 Å². The summed E-state index contributed by atoms with van der Waals surface area (Å²) in [4.78, 5) is 25.9. The third-order valence-electron chi connectivity index (χ3n) is 4.88. The first-order valence-electron chi connectivity index (χ1n) is 9.58. The van der Waals surface area contributed by atoms with Crippen molar-refractivity contribution in [1.82, 2.24) is 4.57 Å². The van der Waals surface area contributed by atoms with Gasteiger partial charge in [0.2, 0.25) is 0 Å². The number of hydrogen-bond acceptors (Lipinski definition) is 4. The highest BCUT2D eigenvalue weighted by Gasteiger charge is 2.30. The number of hydrogen-bond donors (Lipinski definition) is 1. The van der Waals surface area contributed by atoms with Crippen molar-refractivity contribution in [3.05, 3.63) is 63.8 Å². The molecular weight excluding hydrogens is 428 g/mol. The van der Waals surface area contributed by atoms with Crippen LogP contribution < -0.4 is 0 Å². The molecule has 0 fully saturated rings. The summed E-state index contributed by atoms with van der Waals surface area (Å²) < 4.78 is 34.8. The van der Waals surface area contributed by atoms with Gasteiger partial charge in [0, 0.05) is 22.7 Å². The largest absolute Gasteiger partial charge is 0.505 e. The van der Waals surface area contributed by atoms with Gasteiger partial charge in [-0.05, 0) is 64.4 Å². The highest BCUT2D eigenvalue weighted by atomic mass is 35.5. The Morgan fingerprint density at radius 1 is 1.13 bits per heavy atom. The Kier molecular flexibility index (Phi) is 5.84. The van der Waals surface area contributed by atoms with E-state index in [1.54, 1.807) is 34.6 Å². The van der Waals surface area contributed by atoms with Gasteiger partial charge in [0.1, 0.15) is 11.4 Å². The summed E-state index contributed by atoms with van der Waals surface area (Å²) in [6.07, 6.45) is 0. The van der Waals surface area contributed by atoms with Crippen LogP contribution >= 0.6 is 11.6 Å². The minimum absolute atomic E-state index is 0.00754. The van der Waals surface area contributed by atoms with Crippen LogP contribution in [0, 0.1) is 18.6 Å². The van der Waals surface area contributed by atoms with Crippen molar-refractivity contribution in [2.75, 3.05) is 0 Å². The van der Waals surface area contributed by atoms with Crippen molar-refractivity contribution in [2.24, 2.45) is 0 Å². The van der Waals surface area contributed by atoms with E-state index in [1.807, 2.05) is 0 Å². The second kappa shape index (κ2) is 7.96. The molecule has 0 bridgehead atoms. The van der Waals surface area contributed by atoms with Gasteiger partial charge in [-0.15, -0.1) is 0 Å². The van der Waals surface area contributed by atoms with Crippen molar-refractivity contribution in [3.63, 3.8) is 0 Å². The molecule has 0 saturated carbocycles. The van der Waals surface area contributed by atoms with Crippen LogP contribution in [0.1, 0.15) is 55.2 Å². The summed E-state index contributed by atoms with van der Waals surface area (Å²) in [6, 6.07) is 5.77. The maximum absolute atomic E-state index is 14.2. The Morgan fingerprint density at radius 2 is 1.77 bits per heavy atom. The number of aromatic hydroxyl groups is 1. The lowest BCUT2D eigenvalue weighted by Crippen LogP contribution is -2.27. The molecule has 2 aromatic carbocycles. The van der Waals surface area contributed by atoms with Crippen LogP contribution in [-0.4, -0.2) is 27.2 Å². The van der Waals surface area contributed by atoms with Crippen LogP contribution in [-0.2, 0) is 9.53 Å². The number of esters is 1. The number of carbonyl (C=O) groups is 2. The molecule has 1 heterocycles. The number of carbonyl (C=O) groups excluding carboxylic acids is 2. The van der Waals surface area contributed by atoms with Crippen LogP contribution in [0.5, 0.6) is 5.75 Å². The van der Waals surface area contributed by atoms with Crippen molar-refractivity contribution in [2.45, 2.75) is 46.1 Å². The summed E-state index contributed by atoms with van der Waals surface area (Å²) in [6.45, 7) is 8.39. The molecule has 5 nitrogen and oxygen atoms in total. The minimum atomic E-state index is -0.933. The summed E-state index contributed by atoms with van der Waals surface area (Å²) >= 11 is 5.71. The monoisotopic (exact) mass is 449 g/mol. The minimum Gasteiger partial charge on any atom is -0.505 e. The first-order valence-corrected chi connectivity index (χ1v) is 9.95. The summed E-state index contributed by atoms with van der Waals surface area (Å²) in [5.74, 6) is -4.31. The third kappa shape index (κ3) is 4.28. The number of aromatic nitrogens is 1. The molecule has 1 N–H and O–H groups in total. The molecule has 0 saturated heterocycles. The molecule has 0 amide bonds. The smallest absolute Gasteiger partial charge is 0.313 e. The van der Waals surface area contributed by atoms with Crippen LogP contribution in [0.15, 0.2) is 30.3 Å². The highest BCUT2D eigenvalue weighted by molar-refractivity contribution is 6.30. The molecular formula is C23H22ClF2NO4. The van der Waals surface area contributed by atoms with E-state index in [1.165, 1.54) is 22.8 Å². The molecule has 1 unspecified atom stereocenters. The second-order valence-corrected chi connectivity index (χ2v) is 8.75. The average Bonchev–Trinajstić information content (AvgIpc) is 2.92.